The number of carbonyl (C=O) groups is 1. The van der Waals surface area contributed by atoms with Gasteiger partial charge in [-0.1, -0.05) is 0 Å². The lowest BCUT2D eigenvalue weighted by molar-refractivity contribution is -0.131. The summed E-state index contributed by atoms with van der Waals surface area (Å²) in [5.41, 5.74) is 0.199. The summed E-state index contributed by atoms with van der Waals surface area (Å²) >= 11 is 0. The summed E-state index contributed by atoms with van der Waals surface area (Å²) in [6, 6.07) is 2.80. The molecule has 5 heteroatoms. The number of halogens is 2. The zero-order chi connectivity index (χ0) is 14.4. The van der Waals surface area contributed by atoms with Crippen LogP contribution in [0.25, 0.3) is 0 Å². The highest BCUT2D eigenvalue weighted by Gasteiger charge is 2.20. The van der Waals surface area contributed by atoms with Crippen LogP contribution in [0.1, 0.15) is 31.4 Å². The smallest absolute Gasteiger partial charge is 0.222 e. The van der Waals surface area contributed by atoms with Crippen molar-refractivity contribution in [1.29, 1.82) is 0 Å². The van der Waals surface area contributed by atoms with Gasteiger partial charge in [0.05, 0.1) is 6.04 Å². The lowest BCUT2D eigenvalue weighted by Crippen LogP contribution is -2.30. The van der Waals surface area contributed by atoms with E-state index in [0.29, 0.717) is 6.42 Å². The van der Waals surface area contributed by atoms with E-state index in [1.54, 1.807) is 14.0 Å². The molecule has 0 fully saturated rings. The van der Waals surface area contributed by atoms with Crippen LogP contribution in [-0.2, 0) is 4.79 Å². The molecule has 19 heavy (non-hydrogen) atoms. The molecular weight excluding hydrogens is 250 g/mol. The van der Waals surface area contributed by atoms with Crippen molar-refractivity contribution in [3.63, 3.8) is 0 Å². The van der Waals surface area contributed by atoms with Gasteiger partial charge in [0.2, 0.25) is 5.91 Å². The molecule has 1 atom stereocenters. The van der Waals surface area contributed by atoms with Gasteiger partial charge >= 0.3 is 0 Å². The highest BCUT2D eigenvalue weighted by Crippen LogP contribution is 2.23. The first-order valence-electron chi connectivity index (χ1n) is 6.32. The molecule has 0 aliphatic rings. The normalized spacial score (nSPS) is 12.3. The molecule has 0 aromatic heterocycles. The monoisotopic (exact) mass is 270 g/mol. The summed E-state index contributed by atoms with van der Waals surface area (Å²) in [7, 11) is 3.43. The zero-order valence-corrected chi connectivity index (χ0v) is 11.5. The van der Waals surface area contributed by atoms with E-state index in [9.17, 15) is 13.6 Å². The van der Waals surface area contributed by atoms with Gasteiger partial charge in [-0.25, -0.2) is 8.78 Å². The highest BCUT2D eigenvalue weighted by atomic mass is 19.1. The fourth-order valence-electron chi connectivity index (χ4n) is 1.85. The van der Waals surface area contributed by atoms with Gasteiger partial charge in [-0.05, 0) is 45.1 Å². The van der Waals surface area contributed by atoms with Crippen LogP contribution in [0.4, 0.5) is 8.78 Å². The van der Waals surface area contributed by atoms with Crippen molar-refractivity contribution in [2.24, 2.45) is 0 Å². The Morgan fingerprint density at radius 3 is 2.74 bits per heavy atom. The van der Waals surface area contributed by atoms with E-state index in [1.165, 1.54) is 4.90 Å². The molecule has 3 nitrogen and oxygen atoms in total. The van der Waals surface area contributed by atoms with Crippen LogP contribution in [0, 0.1) is 11.6 Å². The largest absolute Gasteiger partial charge is 0.339 e. The van der Waals surface area contributed by atoms with E-state index in [0.717, 1.165) is 31.2 Å². The third-order valence-electron chi connectivity index (χ3n) is 3.20. The van der Waals surface area contributed by atoms with Gasteiger partial charge in [0.1, 0.15) is 11.6 Å². The fourth-order valence-corrected chi connectivity index (χ4v) is 1.85. The topological polar surface area (TPSA) is 32.3 Å². The Kier molecular flexibility index (Phi) is 5.89. The van der Waals surface area contributed by atoms with Crippen molar-refractivity contribution in [1.82, 2.24) is 10.2 Å². The highest BCUT2D eigenvalue weighted by molar-refractivity contribution is 5.76. The molecule has 0 bridgehead atoms. The molecule has 1 aromatic carbocycles. The predicted molar refractivity (Wildman–Crippen MR) is 70.7 cm³/mol. The minimum atomic E-state index is -0.501. The third kappa shape index (κ3) is 4.28. The van der Waals surface area contributed by atoms with Gasteiger partial charge in [0, 0.05) is 19.0 Å². The Hall–Kier alpha value is -1.49. The van der Waals surface area contributed by atoms with Crippen LogP contribution in [-0.4, -0.2) is 31.4 Å². The Morgan fingerprint density at radius 2 is 2.11 bits per heavy atom. The van der Waals surface area contributed by atoms with Gasteiger partial charge < -0.3 is 10.2 Å². The van der Waals surface area contributed by atoms with Crippen molar-refractivity contribution < 1.29 is 13.6 Å². The van der Waals surface area contributed by atoms with E-state index in [4.69, 9.17) is 0 Å². The van der Waals surface area contributed by atoms with Gasteiger partial charge in [-0.3, -0.25) is 4.79 Å². The summed E-state index contributed by atoms with van der Waals surface area (Å²) in [6.45, 7) is 2.44. The zero-order valence-electron chi connectivity index (χ0n) is 11.5. The van der Waals surface area contributed by atoms with Gasteiger partial charge in [0.15, 0.2) is 0 Å². The van der Waals surface area contributed by atoms with Crippen LogP contribution in [0.15, 0.2) is 18.2 Å². The van der Waals surface area contributed by atoms with E-state index in [1.807, 2.05) is 7.05 Å². The molecule has 0 aliphatic heterocycles. The second-order valence-electron chi connectivity index (χ2n) is 4.55. The first-order valence-corrected chi connectivity index (χ1v) is 6.32. The lowest BCUT2D eigenvalue weighted by atomic mass is 10.1. The molecule has 1 amide bonds. The first-order chi connectivity index (χ1) is 8.97. The van der Waals surface area contributed by atoms with Gasteiger partial charge in [-0.15, -0.1) is 0 Å². The Balaban J connectivity index is 2.72. The first kappa shape index (κ1) is 15.6. The average Bonchev–Trinajstić information content (AvgIpc) is 2.40. The quantitative estimate of drug-likeness (QED) is 0.805. The number of nitrogens with zero attached hydrogens (tertiary/aromatic N) is 1. The van der Waals surface area contributed by atoms with Crippen LogP contribution in [0.5, 0.6) is 0 Å². The maximum atomic E-state index is 13.6. The van der Waals surface area contributed by atoms with Crippen molar-refractivity contribution >= 4 is 5.91 Å². The predicted octanol–water partition coefficient (Wildman–Crippen LogP) is 2.48. The minimum absolute atomic E-state index is 0.0774. The van der Waals surface area contributed by atoms with Crippen LogP contribution >= 0.6 is 0 Å². The number of rotatable bonds is 6. The summed E-state index contributed by atoms with van der Waals surface area (Å²) in [4.78, 5) is 13.4. The Bertz CT molecular complexity index is 437. The maximum absolute atomic E-state index is 13.6. The summed E-state index contributed by atoms with van der Waals surface area (Å²) in [5.74, 6) is -1.07. The number of hydrogen-bond donors (Lipinski definition) is 1. The molecule has 1 aromatic rings. The number of benzene rings is 1. The van der Waals surface area contributed by atoms with Crippen molar-refractivity contribution in [2.75, 3.05) is 20.6 Å². The Labute approximate surface area is 112 Å². The molecule has 1 unspecified atom stereocenters. The van der Waals surface area contributed by atoms with Crippen molar-refractivity contribution in [2.45, 2.75) is 25.8 Å². The van der Waals surface area contributed by atoms with Crippen LogP contribution in [0.3, 0.4) is 0 Å². The average molecular weight is 270 g/mol. The third-order valence-corrected chi connectivity index (χ3v) is 3.20. The van der Waals surface area contributed by atoms with Gasteiger partial charge in [0.25, 0.3) is 0 Å². The van der Waals surface area contributed by atoms with Crippen LogP contribution in [0.2, 0.25) is 0 Å². The second kappa shape index (κ2) is 7.19. The molecule has 0 spiro atoms. The van der Waals surface area contributed by atoms with Crippen molar-refractivity contribution in [3.8, 4) is 0 Å². The number of nitrogens with one attached hydrogen (secondary N) is 1. The lowest BCUT2D eigenvalue weighted by Gasteiger charge is -2.25. The summed E-state index contributed by atoms with van der Waals surface area (Å²) in [6.07, 6.45) is 1.11. The molecule has 0 saturated carbocycles. The minimum Gasteiger partial charge on any atom is -0.339 e. The van der Waals surface area contributed by atoms with Crippen molar-refractivity contribution in [3.05, 3.63) is 35.4 Å². The summed E-state index contributed by atoms with van der Waals surface area (Å²) < 4.78 is 26.8. The fraction of sp³-hybridized carbons (Fsp3) is 0.500. The number of amides is 1. The maximum Gasteiger partial charge on any atom is 0.222 e. The molecule has 0 aliphatic carbocycles. The molecule has 0 heterocycles. The van der Waals surface area contributed by atoms with Crippen LogP contribution < -0.4 is 5.32 Å². The van der Waals surface area contributed by atoms with E-state index in [2.05, 4.69) is 5.32 Å². The van der Waals surface area contributed by atoms with E-state index < -0.39 is 17.7 Å². The van der Waals surface area contributed by atoms with Gasteiger partial charge in [-0.2, -0.15) is 0 Å². The second-order valence-corrected chi connectivity index (χ2v) is 4.55. The molecule has 0 saturated heterocycles. The number of carbonyl (C=O) groups excluding carboxylic acids is 1. The molecule has 1 rings (SSSR count). The standard InChI is InChI=1S/C14H20F2N2O/c1-10(12-9-11(15)6-7-13(12)16)18(3)14(19)5-4-8-17-2/h6-7,9-10,17H,4-5,8H2,1-3H3. The molecule has 106 valence electrons. The van der Waals surface area contributed by atoms with E-state index in [-0.39, 0.29) is 11.5 Å². The SMILES string of the molecule is CNCCCC(=O)N(C)C(C)c1cc(F)ccc1F. The molecular formula is C14H20F2N2O. The summed E-state index contributed by atoms with van der Waals surface area (Å²) in [5, 5.41) is 2.96. The molecule has 1 N–H and O–H groups in total. The Morgan fingerprint density at radius 1 is 1.42 bits per heavy atom. The number of hydrogen-bond acceptors (Lipinski definition) is 2. The molecule has 0 radical (unpaired) electrons. The van der Waals surface area contributed by atoms with E-state index >= 15 is 0 Å².